The van der Waals surface area contributed by atoms with Gasteiger partial charge in [-0.25, -0.2) is 4.79 Å². The SMILES string of the molecule is CC(=O)Oc1cccc(/C=C(\C(=O)O)c2ccccc2)c1. The summed E-state index contributed by atoms with van der Waals surface area (Å²) in [6.45, 7) is 1.31. The van der Waals surface area contributed by atoms with Gasteiger partial charge in [0, 0.05) is 6.92 Å². The molecule has 0 aromatic heterocycles. The van der Waals surface area contributed by atoms with Crippen LogP contribution in [0.4, 0.5) is 0 Å². The second kappa shape index (κ2) is 6.52. The van der Waals surface area contributed by atoms with Gasteiger partial charge in [-0.15, -0.1) is 0 Å². The van der Waals surface area contributed by atoms with Gasteiger partial charge in [0.05, 0.1) is 5.57 Å². The highest BCUT2D eigenvalue weighted by Gasteiger charge is 2.10. The zero-order chi connectivity index (χ0) is 15.2. The lowest BCUT2D eigenvalue weighted by molar-refractivity contribution is -0.132. The second-order valence-electron chi connectivity index (χ2n) is 4.40. The average molecular weight is 282 g/mol. The van der Waals surface area contributed by atoms with Crippen molar-refractivity contribution >= 4 is 23.6 Å². The number of esters is 1. The van der Waals surface area contributed by atoms with Crippen LogP contribution in [-0.2, 0) is 9.59 Å². The Labute approximate surface area is 122 Å². The summed E-state index contributed by atoms with van der Waals surface area (Å²) >= 11 is 0. The van der Waals surface area contributed by atoms with Gasteiger partial charge >= 0.3 is 11.9 Å². The minimum Gasteiger partial charge on any atom is -0.478 e. The van der Waals surface area contributed by atoms with E-state index in [0.717, 1.165) is 0 Å². The molecule has 1 N–H and O–H groups in total. The van der Waals surface area contributed by atoms with Crippen LogP contribution in [0.25, 0.3) is 11.6 Å². The van der Waals surface area contributed by atoms with Crippen molar-refractivity contribution < 1.29 is 19.4 Å². The summed E-state index contributed by atoms with van der Waals surface area (Å²) < 4.78 is 4.99. The van der Waals surface area contributed by atoms with Crippen LogP contribution >= 0.6 is 0 Å². The number of carbonyl (C=O) groups is 2. The molecular weight excluding hydrogens is 268 g/mol. The van der Waals surface area contributed by atoms with Gasteiger partial charge < -0.3 is 9.84 Å². The molecule has 0 heterocycles. The van der Waals surface area contributed by atoms with Gasteiger partial charge in [0.25, 0.3) is 0 Å². The first-order valence-electron chi connectivity index (χ1n) is 6.35. The van der Waals surface area contributed by atoms with Gasteiger partial charge in [-0.1, -0.05) is 42.5 Å². The molecular formula is C17H14O4. The normalized spacial score (nSPS) is 11.0. The topological polar surface area (TPSA) is 63.6 Å². The standard InChI is InChI=1S/C17H14O4/c1-12(18)21-15-9-5-6-13(10-15)11-16(17(19)20)14-7-3-2-4-8-14/h2-11H,1H3,(H,19,20)/b16-11-. The molecule has 0 unspecified atom stereocenters. The third kappa shape index (κ3) is 4.04. The van der Waals surface area contributed by atoms with E-state index in [9.17, 15) is 14.7 Å². The molecule has 0 amide bonds. The van der Waals surface area contributed by atoms with Gasteiger partial charge in [0.2, 0.25) is 0 Å². The predicted octanol–water partition coefficient (Wildman–Crippen LogP) is 3.24. The Morgan fingerprint density at radius 3 is 2.38 bits per heavy atom. The van der Waals surface area contributed by atoms with E-state index in [1.54, 1.807) is 54.6 Å². The first-order valence-corrected chi connectivity index (χ1v) is 6.35. The quantitative estimate of drug-likeness (QED) is 0.405. The number of hydrogen-bond donors (Lipinski definition) is 1. The smallest absolute Gasteiger partial charge is 0.336 e. The number of carboxylic acids is 1. The Kier molecular flexibility index (Phi) is 4.51. The summed E-state index contributed by atoms with van der Waals surface area (Å²) in [4.78, 5) is 22.4. The molecule has 4 heteroatoms. The van der Waals surface area contributed by atoms with Crippen LogP contribution in [0.2, 0.25) is 0 Å². The van der Waals surface area contributed by atoms with Crippen molar-refractivity contribution in [2.24, 2.45) is 0 Å². The van der Waals surface area contributed by atoms with E-state index >= 15 is 0 Å². The van der Waals surface area contributed by atoms with E-state index in [0.29, 0.717) is 16.9 Å². The molecule has 2 rings (SSSR count). The van der Waals surface area contributed by atoms with Crippen LogP contribution in [0, 0.1) is 0 Å². The van der Waals surface area contributed by atoms with Crippen molar-refractivity contribution in [1.82, 2.24) is 0 Å². The second-order valence-corrected chi connectivity index (χ2v) is 4.40. The molecule has 21 heavy (non-hydrogen) atoms. The molecule has 0 saturated heterocycles. The zero-order valence-corrected chi connectivity index (χ0v) is 11.4. The number of carboxylic acid groups (broad SMARTS) is 1. The lowest BCUT2D eigenvalue weighted by Gasteiger charge is -2.05. The molecule has 2 aromatic carbocycles. The monoisotopic (exact) mass is 282 g/mol. The Morgan fingerprint density at radius 2 is 1.76 bits per heavy atom. The van der Waals surface area contributed by atoms with E-state index in [1.165, 1.54) is 6.92 Å². The van der Waals surface area contributed by atoms with Crippen LogP contribution in [0.3, 0.4) is 0 Å². The number of aliphatic carboxylic acids is 1. The number of hydrogen-bond acceptors (Lipinski definition) is 3. The van der Waals surface area contributed by atoms with Crippen LogP contribution in [0.15, 0.2) is 54.6 Å². The highest BCUT2D eigenvalue weighted by molar-refractivity contribution is 6.20. The van der Waals surface area contributed by atoms with Crippen molar-refractivity contribution in [2.45, 2.75) is 6.92 Å². The molecule has 4 nitrogen and oxygen atoms in total. The molecule has 0 saturated carbocycles. The number of benzene rings is 2. The maximum atomic E-state index is 11.4. The largest absolute Gasteiger partial charge is 0.478 e. The van der Waals surface area contributed by atoms with Crippen LogP contribution in [0.5, 0.6) is 5.75 Å². The third-order valence-corrected chi connectivity index (χ3v) is 2.75. The third-order valence-electron chi connectivity index (χ3n) is 2.75. The predicted molar refractivity (Wildman–Crippen MR) is 79.7 cm³/mol. The minimum absolute atomic E-state index is 0.176. The zero-order valence-electron chi connectivity index (χ0n) is 11.4. The van der Waals surface area contributed by atoms with Gasteiger partial charge in [-0.2, -0.15) is 0 Å². The van der Waals surface area contributed by atoms with Crippen molar-refractivity contribution in [3.63, 3.8) is 0 Å². The van der Waals surface area contributed by atoms with Crippen LogP contribution in [-0.4, -0.2) is 17.0 Å². The van der Waals surface area contributed by atoms with E-state index in [4.69, 9.17) is 4.74 Å². The van der Waals surface area contributed by atoms with Gasteiger partial charge in [-0.05, 0) is 29.3 Å². The molecule has 0 atom stereocenters. The Balaban J connectivity index is 2.39. The van der Waals surface area contributed by atoms with E-state index in [2.05, 4.69) is 0 Å². The average Bonchev–Trinajstić information content (AvgIpc) is 2.45. The van der Waals surface area contributed by atoms with Gasteiger partial charge in [0.1, 0.15) is 5.75 Å². The number of carbonyl (C=O) groups excluding carboxylic acids is 1. The lowest BCUT2D eigenvalue weighted by Crippen LogP contribution is -2.01. The molecule has 2 aromatic rings. The summed E-state index contributed by atoms with van der Waals surface area (Å²) in [5, 5.41) is 9.35. The van der Waals surface area contributed by atoms with Gasteiger partial charge in [-0.3, -0.25) is 4.79 Å². The highest BCUT2D eigenvalue weighted by atomic mass is 16.5. The maximum absolute atomic E-state index is 11.4. The summed E-state index contributed by atoms with van der Waals surface area (Å²) in [5.74, 6) is -1.05. The molecule has 0 radical (unpaired) electrons. The molecule has 0 aliphatic heterocycles. The molecule has 106 valence electrons. The molecule has 0 fully saturated rings. The van der Waals surface area contributed by atoms with Crippen molar-refractivity contribution in [1.29, 1.82) is 0 Å². The van der Waals surface area contributed by atoms with Crippen molar-refractivity contribution in [3.05, 3.63) is 65.7 Å². The van der Waals surface area contributed by atoms with Crippen LogP contribution in [0.1, 0.15) is 18.1 Å². The number of rotatable bonds is 4. The molecule has 0 aliphatic carbocycles. The maximum Gasteiger partial charge on any atom is 0.336 e. The number of ether oxygens (including phenoxy) is 1. The molecule has 0 aliphatic rings. The van der Waals surface area contributed by atoms with Crippen LogP contribution < -0.4 is 4.74 Å². The summed E-state index contributed by atoms with van der Waals surface area (Å²) in [7, 11) is 0. The summed E-state index contributed by atoms with van der Waals surface area (Å²) in [6, 6.07) is 15.6. The van der Waals surface area contributed by atoms with Crippen molar-refractivity contribution in [2.75, 3.05) is 0 Å². The fraction of sp³-hybridized carbons (Fsp3) is 0.0588. The first-order chi connectivity index (χ1) is 10.1. The lowest BCUT2D eigenvalue weighted by atomic mass is 10.0. The minimum atomic E-state index is -1.01. The molecule has 0 spiro atoms. The summed E-state index contributed by atoms with van der Waals surface area (Å²) in [6.07, 6.45) is 1.55. The van der Waals surface area contributed by atoms with Crippen molar-refractivity contribution in [3.8, 4) is 5.75 Å². The Bertz CT molecular complexity index is 687. The van der Waals surface area contributed by atoms with Gasteiger partial charge in [0.15, 0.2) is 0 Å². The highest BCUT2D eigenvalue weighted by Crippen LogP contribution is 2.21. The first kappa shape index (κ1) is 14.5. The molecule has 0 bridgehead atoms. The Morgan fingerprint density at radius 1 is 1.05 bits per heavy atom. The van der Waals surface area contributed by atoms with E-state index < -0.39 is 11.9 Å². The summed E-state index contributed by atoms with van der Waals surface area (Å²) in [5.41, 5.74) is 1.44. The fourth-order valence-corrected chi connectivity index (χ4v) is 1.89. The fourth-order valence-electron chi connectivity index (χ4n) is 1.89. The Hall–Kier alpha value is -2.88. The van der Waals surface area contributed by atoms with E-state index in [-0.39, 0.29) is 5.57 Å². The van der Waals surface area contributed by atoms with E-state index in [1.807, 2.05) is 6.07 Å².